The van der Waals surface area contributed by atoms with Crippen LogP contribution in [0.2, 0.25) is 0 Å². The third-order valence-electron chi connectivity index (χ3n) is 2.67. The summed E-state index contributed by atoms with van der Waals surface area (Å²) in [4.78, 5) is 4.25. The zero-order valence-corrected chi connectivity index (χ0v) is 13.6. The predicted octanol–water partition coefficient (Wildman–Crippen LogP) is 3.97. The number of halogens is 1. The molecule has 0 saturated carbocycles. The summed E-state index contributed by atoms with van der Waals surface area (Å²) in [6.07, 6.45) is 1.60. The summed E-state index contributed by atoms with van der Waals surface area (Å²) in [6.45, 7) is 5.05. The molecule has 0 aliphatic heterocycles. The van der Waals surface area contributed by atoms with E-state index in [0.29, 0.717) is 30.5 Å². The fraction of sp³-hybridized carbons (Fsp3) is 0.267. The van der Waals surface area contributed by atoms with Crippen molar-refractivity contribution in [3.8, 4) is 11.5 Å². The number of hydrogen-bond donors (Lipinski definition) is 2. The van der Waals surface area contributed by atoms with Crippen molar-refractivity contribution in [2.45, 2.75) is 13.8 Å². The van der Waals surface area contributed by atoms with Gasteiger partial charge in [-0.2, -0.15) is 0 Å². The van der Waals surface area contributed by atoms with Gasteiger partial charge in [0.05, 0.1) is 29.6 Å². The van der Waals surface area contributed by atoms with Gasteiger partial charge < -0.3 is 20.5 Å². The summed E-state index contributed by atoms with van der Waals surface area (Å²) >= 11 is 3.43. The minimum absolute atomic E-state index is 0.577. The molecule has 21 heavy (non-hydrogen) atoms. The van der Waals surface area contributed by atoms with Crippen LogP contribution in [0.15, 0.2) is 34.9 Å². The molecule has 1 heterocycles. The van der Waals surface area contributed by atoms with E-state index in [0.717, 1.165) is 15.9 Å². The van der Waals surface area contributed by atoms with Crippen LogP contribution in [0.4, 0.5) is 17.2 Å². The minimum atomic E-state index is 0.577. The van der Waals surface area contributed by atoms with Crippen LogP contribution in [0.1, 0.15) is 13.8 Å². The first-order valence-corrected chi connectivity index (χ1v) is 7.51. The van der Waals surface area contributed by atoms with Gasteiger partial charge in [-0.3, -0.25) is 0 Å². The highest BCUT2D eigenvalue weighted by molar-refractivity contribution is 9.10. The highest BCUT2D eigenvalue weighted by Gasteiger charge is 2.08. The van der Waals surface area contributed by atoms with E-state index >= 15 is 0 Å². The molecule has 0 saturated heterocycles. The van der Waals surface area contributed by atoms with Crippen molar-refractivity contribution in [3.05, 3.63) is 34.9 Å². The normalized spacial score (nSPS) is 10.2. The summed E-state index contributed by atoms with van der Waals surface area (Å²) in [6, 6.07) is 7.48. The van der Waals surface area contributed by atoms with E-state index in [2.05, 4.69) is 26.2 Å². The molecule has 0 aliphatic rings. The molecule has 112 valence electrons. The standard InChI is InChI=1S/C15H18BrN3O2/c1-3-20-13-6-5-11(8-14(13)21-4-2)19-15-12(16)7-10(17)9-18-15/h5-9H,3-4,17H2,1-2H3,(H,18,19). The maximum Gasteiger partial charge on any atom is 0.163 e. The second-order valence-electron chi connectivity index (χ2n) is 4.25. The molecule has 0 fully saturated rings. The second-order valence-corrected chi connectivity index (χ2v) is 5.11. The van der Waals surface area contributed by atoms with Crippen LogP contribution in [0.5, 0.6) is 11.5 Å². The highest BCUT2D eigenvalue weighted by Crippen LogP contribution is 2.33. The Balaban J connectivity index is 2.25. The number of rotatable bonds is 6. The molecule has 5 nitrogen and oxygen atoms in total. The molecule has 2 rings (SSSR count). The van der Waals surface area contributed by atoms with Crippen molar-refractivity contribution >= 4 is 33.1 Å². The van der Waals surface area contributed by atoms with Crippen molar-refractivity contribution in [3.63, 3.8) is 0 Å². The van der Waals surface area contributed by atoms with Crippen molar-refractivity contribution in [2.24, 2.45) is 0 Å². The Morgan fingerprint density at radius 2 is 1.86 bits per heavy atom. The zero-order valence-electron chi connectivity index (χ0n) is 12.0. The van der Waals surface area contributed by atoms with Gasteiger partial charge >= 0.3 is 0 Å². The van der Waals surface area contributed by atoms with Gasteiger partial charge in [0.25, 0.3) is 0 Å². The molecular weight excluding hydrogens is 334 g/mol. The van der Waals surface area contributed by atoms with Gasteiger partial charge in [-0.1, -0.05) is 0 Å². The van der Waals surface area contributed by atoms with Gasteiger partial charge in [0.2, 0.25) is 0 Å². The number of nitrogen functional groups attached to an aromatic ring is 1. The molecule has 1 aromatic carbocycles. The van der Waals surface area contributed by atoms with Crippen molar-refractivity contribution in [1.82, 2.24) is 4.98 Å². The van der Waals surface area contributed by atoms with E-state index in [9.17, 15) is 0 Å². The molecule has 0 amide bonds. The zero-order chi connectivity index (χ0) is 15.2. The lowest BCUT2D eigenvalue weighted by Crippen LogP contribution is -2.00. The first-order chi connectivity index (χ1) is 10.1. The first kappa shape index (κ1) is 15.4. The molecule has 3 N–H and O–H groups in total. The van der Waals surface area contributed by atoms with Crippen LogP contribution in [0.3, 0.4) is 0 Å². The predicted molar refractivity (Wildman–Crippen MR) is 88.4 cm³/mol. The summed E-state index contributed by atoms with van der Waals surface area (Å²) in [5, 5.41) is 3.22. The molecule has 2 aromatic rings. The van der Waals surface area contributed by atoms with E-state index in [-0.39, 0.29) is 0 Å². The number of nitrogens with one attached hydrogen (secondary N) is 1. The Labute approximate surface area is 132 Å². The molecule has 6 heteroatoms. The van der Waals surface area contributed by atoms with Gasteiger partial charge in [-0.15, -0.1) is 0 Å². The number of benzene rings is 1. The van der Waals surface area contributed by atoms with Gasteiger partial charge in [0.15, 0.2) is 11.5 Å². The average Bonchev–Trinajstić information content (AvgIpc) is 2.45. The number of anilines is 3. The molecule has 0 unspecified atom stereocenters. The second kappa shape index (κ2) is 7.17. The Morgan fingerprint density at radius 3 is 2.52 bits per heavy atom. The van der Waals surface area contributed by atoms with Crippen LogP contribution in [-0.4, -0.2) is 18.2 Å². The number of nitrogens with zero attached hydrogens (tertiary/aromatic N) is 1. The Hall–Kier alpha value is -1.95. The molecule has 0 aliphatic carbocycles. The lowest BCUT2D eigenvalue weighted by molar-refractivity contribution is 0.288. The molecule has 0 spiro atoms. The van der Waals surface area contributed by atoms with E-state index in [4.69, 9.17) is 15.2 Å². The third-order valence-corrected chi connectivity index (χ3v) is 3.27. The van der Waals surface area contributed by atoms with Crippen LogP contribution >= 0.6 is 15.9 Å². The average molecular weight is 352 g/mol. The largest absolute Gasteiger partial charge is 0.490 e. The van der Waals surface area contributed by atoms with Gasteiger partial charge in [0.1, 0.15) is 5.82 Å². The van der Waals surface area contributed by atoms with Crippen molar-refractivity contribution in [1.29, 1.82) is 0 Å². The molecular formula is C15H18BrN3O2. The fourth-order valence-electron chi connectivity index (χ4n) is 1.81. The lowest BCUT2D eigenvalue weighted by Gasteiger charge is -2.13. The Kier molecular flexibility index (Phi) is 5.27. The Morgan fingerprint density at radius 1 is 1.14 bits per heavy atom. The monoisotopic (exact) mass is 351 g/mol. The molecule has 0 atom stereocenters. The summed E-state index contributed by atoms with van der Waals surface area (Å²) < 4.78 is 11.9. The topological polar surface area (TPSA) is 69.4 Å². The van der Waals surface area contributed by atoms with Crippen LogP contribution in [-0.2, 0) is 0 Å². The number of pyridine rings is 1. The summed E-state index contributed by atoms with van der Waals surface area (Å²) in [5.74, 6) is 2.13. The Bertz CT molecular complexity index is 620. The van der Waals surface area contributed by atoms with Crippen molar-refractivity contribution in [2.75, 3.05) is 24.3 Å². The van der Waals surface area contributed by atoms with E-state index in [1.54, 1.807) is 12.3 Å². The third kappa shape index (κ3) is 4.01. The van der Waals surface area contributed by atoms with E-state index < -0.39 is 0 Å². The van der Waals surface area contributed by atoms with Crippen LogP contribution < -0.4 is 20.5 Å². The number of nitrogens with two attached hydrogens (primary N) is 1. The van der Waals surface area contributed by atoms with Gasteiger partial charge in [-0.25, -0.2) is 4.98 Å². The maximum absolute atomic E-state index is 5.68. The number of aromatic nitrogens is 1. The fourth-order valence-corrected chi connectivity index (χ4v) is 2.28. The van der Waals surface area contributed by atoms with E-state index in [1.165, 1.54) is 0 Å². The van der Waals surface area contributed by atoms with Crippen molar-refractivity contribution < 1.29 is 9.47 Å². The first-order valence-electron chi connectivity index (χ1n) is 6.71. The molecule has 1 aromatic heterocycles. The summed E-state index contributed by atoms with van der Waals surface area (Å²) in [5.41, 5.74) is 7.15. The number of hydrogen-bond acceptors (Lipinski definition) is 5. The number of ether oxygens (including phenoxy) is 2. The minimum Gasteiger partial charge on any atom is -0.490 e. The van der Waals surface area contributed by atoms with Crippen LogP contribution in [0.25, 0.3) is 0 Å². The summed E-state index contributed by atoms with van der Waals surface area (Å²) in [7, 11) is 0. The molecule has 0 radical (unpaired) electrons. The highest BCUT2D eigenvalue weighted by atomic mass is 79.9. The van der Waals surface area contributed by atoms with Crippen LogP contribution in [0, 0.1) is 0 Å². The quantitative estimate of drug-likeness (QED) is 0.823. The smallest absolute Gasteiger partial charge is 0.163 e. The maximum atomic E-state index is 5.68. The lowest BCUT2D eigenvalue weighted by atomic mass is 10.2. The van der Waals surface area contributed by atoms with E-state index in [1.807, 2.05) is 32.0 Å². The van der Waals surface area contributed by atoms with Gasteiger partial charge in [-0.05, 0) is 48.0 Å². The molecule has 0 bridgehead atoms. The van der Waals surface area contributed by atoms with Gasteiger partial charge in [0, 0.05) is 11.8 Å². The SMILES string of the molecule is CCOc1ccc(Nc2ncc(N)cc2Br)cc1OCC.